The molecule has 0 unspecified atom stereocenters. The summed E-state index contributed by atoms with van der Waals surface area (Å²) in [4.78, 5) is 12.7. The summed E-state index contributed by atoms with van der Waals surface area (Å²) >= 11 is 6.12. The molecule has 3 rings (SSSR count). The van der Waals surface area contributed by atoms with Crippen LogP contribution < -0.4 is 10.1 Å². The minimum atomic E-state index is -0.520. The van der Waals surface area contributed by atoms with E-state index in [4.69, 9.17) is 16.3 Å². The molecule has 0 saturated carbocycles. The first-order chi connectivity index (χ1) is 15.0. The summed E-state index contributed by atoms with van der Waals surface area (Å²) in [5.41, 5.74) is 2.82. The lowest BCUT2D eigenvalue weighted by molar-refractivity contribution is -0.112. The summed E-state index contributed by atoms with van der Waals surface area (Å²) < 4.78 is 18.9. The SMILES string of the molecule is CCc1ccccc1NC(=O)/C(C#N)=C/c1cc(Cl)ccc1OCc1ccc(F)cc1. The summed E-state index contributed by atoms with van der Waals surface area (Å²) in [7, 11) is 0. The van der Waals surface area contributed by atoms with Gasteiger partial charge in [-0.1, -0.05) is 48.9 Å². The van der Waals surface area contributed by atoms with Crippen molar-refractivity contribution in [3.8, 4) is 11.8 Å². The molecule has 0 aromatic heterocycles. The zero-order chi connectivity index (χ0) is 22.2. The number of amides is 1. The van der Waals surface area contributed by atoms with E-state index in [9.17, 15) is 14.4 Å². The van der Waals surface area contributed by atoms with Gasteiger partial charge in [0.1, 0.15) is 29.8 Å². The molecule has 0 fully saturated rings. The molecule has 0 aliphatic rings. The van der Waals surface area contributed by atoms with E-state index in [-0.39, 0.29) is 18.0 Å². The van der Waals surface area contributed by atoms with Gasteiger partial charge in [-0.05, 0) is 60.0 Å². The molecule has 0 spiro atoms. The highest BCUT2D eigenvalue weighted by Crippen LogP contribution is 2.27. The summed E-state index contributed by atoms with van der Waals surface area (Å²) in [5.74, 6) is -0.399. The number of carbonyl (C=O) groups is 1. The number of nitrogens with one attached hydrogen (secondary N) is 1. The second-order valence-corrected chi connectivity index (χ2v) is 7.17. The van der Waals surface area contributed by atoms with E-state index in [2.05, 4.69) is 5.32 Å². The van der Waals surface area contributed by atoms with Crippen LogP contribution in [0.5, 0.6) is 5.75 Å². The van der Waals surface area contributed by atoms with Crippen molar-refractivity contribution < 1.29 is 13.9 Å². The highest BCUT2D eigenvalue weighted by atomic mass is 35.5. The zero-order valence-electron chi connectivity index (χ0n) is 16.9. The van der Waals surface area contributed by atoms with Gasteiger partial charge in [0, 0.05) is 16.3 Å². The predicted molar refractivity (Wildman–Crippen MR) is 120 cm³/mol. The number of hydrogen-bond acceptors (Lipinski definition) is 3. The largest absolute Gasteiger partial charge is 0.488 e. The van der Waals surface area contributed by atoms with Crippen LogP contribution in [0.1, 0.15) is 23.6 Å². The standard InChI is InChI=1S/C25H20ClFN2O2/c1-2-18-5-3-4-6-23(18)29-25(30)20(15-28)13-19-14-21(26)9-12-24(19)31-16-17-7-10-22(27)11-8-17/h3-14H,2,16H2,1H3,(H,29,30)/b20-13+. The van der Waals surface area contributed by atoms with Crippen molar-refractivity contribution in [2.75, 3.05) is 5.32 Å². The van der Waals surface area contributed by atoms with E-state index in [0.29, 0.717) is 22.0 Å². The minimum absolute atomic E-state index is 0.0835. The monoisotopic (exact) mass is 434 g/mol. The summed E-state index contributed by atoms with van der Waals surface area (Å²) in [6.07, 6.45) is 2.19. The molecule has 3 aromatic rings. The molecule has 0 atom stereocenters. The van der Waals surface area contributed by atoms with E-state index in [1.54, 1.807) is 36.4 Å². The van der Waals surface area contributed by atoms with Crippen molar-refractivity contribution >= 4 is 29.3 Å². The van der Waals surface area contributed by atoms with Gasteiger partial charge in [0.25, 0.3) is 5.91 Å². The zero-order valence-corrected chi connectivity index (χ0v) is 17.6. The van der Waals surface area contributed by atoms with Gasteiger partial charge in [-0.25, -0.2) is 4.39 Å². The molecule has 0 bridgehead atoms. The van der Waals surface area contributed by atoms with Gasteiger partial charge in [-0.15, -0.1) is 0 Å². The fourth-order valence-corrected chi connectivity index (χ4v) is 3.13. The van der Waals surface area contributed by atoms with Crippen LogP contribution in [0.2, 0.25) is 5.02 Å². The Balaban J connectivity index is 1.84. The average Bonchev–Trinajstić information content (AvgIpc) is 2.78. The van der Waals surface area contributed by atoms with Crippen LogP contribution in [-0.4, -0.2) is 5.91 Å². The summed E-state index contributed by atoms with van der Waals surface area (Å²) in [6.45, 7) is 2.18. The van der Waals surface area contributed by atoms with Crippen molar-refractivity contribution in [3.05, 3.63) is 99.8 Å². The van der Waals surface area contributed by atoms with Crippen LogP contribution in [0.3, 0.4) is 0 Å². The number of aryl methyl sites for hydroxylation is 1. The second kappa shape index (κ2) is 10.4. The maximum absolute atomic E-state index is 13.1. The van der Waals surface area contributed by atoms with E-state index in [1.807, 2.05) is 31.2 Å². The first-order valence-corrected chi connectivity index (χ1v) is 10.1. The van der Waals surface area contributed by atoms with E-state index in [0.717, 1.165) is 17.5 Å². The van der Waals surface area contributed by atoms with Gasteiger partial charge in [-0.3, -0.25) is 4.79 Å². The molecular formula is C25H20ClFN2O2. The Bertz CT molecular complexity index is 1150. The average molecular weight is 435 g/mol. The van der Waals surface area contributed by atoms with Crippen molar-refractivity contribution in [3.63, 3.8) is 0 Å². The Morgan fingerprint density at radius 1 is 1.16 bits per heavy atom. The molecule has 4 nitrogen and oxygen atoms in total. The minimum Gasteiger partial charge on any atom is -0.488 e. The normalized spacial score (nSPS) is 11.0. The first kappa shape index (κ1) is 22.1. The van der Waals surface area contributed by atoms with Crippen LogP contribution >= 0.6 is 11.6 Å². The van der Waals surface area contributed by atoms with Crippen molar-refractivity contribution in [1.82, 2.24) is 0 Å². The number of ether oxygens (including phenoxy) is 1. The fourth-order valence-electron chi connectivity index (χ4n) is 2.95. The van der Waals surface area contributed by atoms with Crippen molar-refractivity contribution in [1.29, 1.82) is 5.26 Å². The lowest BCUT2D eigenvalue weighted by atomic mass is 10.1. The van der Waals surface area contributed by atoms with Gasteiger partial charge in [-0.2, -0.15) is 5.26 Å². The molecule has 0 aliphatic heterocycles. The third-order valence-electron chi connectivity index (χ3n) is 4.59. The van der Waals surface area contributed by atoms with Crippen LogP contribution in [0, 0.1) is 17.1 Å². The number of anilines is 1. The topological polar surface area (TPSA) is 62.1 Å². The number of carbonyl (C=O) groups excluding carboxylic acids is 1. The number of para-hydroxylation sites is 1. The van der Waals surface area contributed by atoms with Gasteiger partial charge < -0.3 is 10.1 Å². The Kier molecular flexibility index (Phi) is 7.42. The number of benzene rings is 3. The molecular weight excluding hydrogens is 415 g/mol. The number of hydrogen-bond donors (Lipinski definition) is 1. The molecule has 0 aliphatic carbocycles. The molecule has 1 N–H and O–H groups in total. The number of halogens is 2. The molecule has 3 aromatic carbocycles. The van der Waals surface area contributed by atoms with Gasteiger partial charge >= 0.3 is 0 Å². The summed E-state index contributed by atoms with van der Waals surface area (Å²) in [5, 5.41) is 12.8. The van der Waals surface area contributed by atoms with Gasteiger partial charge in [0.2, 0.25) is 0 Å². The van der Waals surface area contributed by atoms with Crippen LogP contribution in [0.4, 0.5) is 10.1 Å². The Morgan fingerprint density at radius 3 is 2.61 bits per heavy atom. The number of nitriles is 1. The van der Waals surface area contributed by atoms with E-state index in [1.165, 1.54) is 18.2 Å². The molecule has 31 heavy (non-hydrogen) atoms. The van der Waals surface area contributed by atoms with Crippen LogP contribution in [0.15, 0.2) is 72.3 Å². The lowest BCUT2D eigenvalue weighted by Crippen LogP contribution is -2.14. The predicted octanol–water partition coefficient (Wildman–Crippen LogP) is 6.17. The molecule has 0 radical (unpaired) electrons. The van der Waals surface area contributed by atoms with Gasteiger partial charge in [0.15, 0.2) is 0 Å². The molecule has 0 heterocycles. The maximum Gasteiger partial charge on any atom is 0.266 e. The molecule has 156 valence electrons. The molecule has 6 heteroatoms. The highest BCUT2D eigenvalue weighted by Gasteiger charge is 2.13. The number of nitrogens with zero attached hydrogens (tertiary/aromatic N) is 1. The third kappa shape index (κ3) is 5.94. The quantitative estimate of drug-likeness (QED) is 0.357. The smallest absolute Gasteiger partial charge is 0.266 e. The van der Waals surface area contributed by atoms with E-state index < -0.39 is 5.91 Å². The second-order valence-electron chi connectivity index (χ2n) is 6.73. The fraction of sp³-hybridized carbons (Fsp3) is 0.120. The Labute approximate surface area is 185 Å². The van der Waals surface area contributed by atoms with Crippen molar-refractivity contribution in [2.45, 2.75) is 20.0 Å². The van der Waals surface area contributed by atoms with Crippen LogP contribution in [-0.2, 0) is 17.8 Å². The van der Waals surface area contributed by atoms with Crippen molar-refractivity contribution in [2.24, 2.45) is 0 Å². The lowest BCUT2D eigenvalue weighted by Gasteiger charge is -2.11. The maximum atomic E-state index is 13.1. The van der Waals surface area contributed by atoms with E-state index >= 15 is 0 Å². The molecule has 0 saturated heterocycles. The Hall–Kier alpha value is -3.62. The first-order valence-electron chi connectivity index (χ1n) is 9.68. The Morgan fingerprint density at radius 2 is 1.90 bits per heavy atom. The number of rotatable bonds is 7. The third-order valence-corrected chi connectivity index (χ3v) is 4.83. The van der Waals surface area contributed by atoms with Gasteiger partial charge in [0.05, 0.1) is 0 Å². The van der Waals surface area contributed by atoms with Crippen LogP contribution in [0.25, 0.3) is 6.08 Å². The molecule has 1 amide bonds. The summed E-state index contributed by atoms with van der Waals surface area (Å²) in [6, 6.07) is 20.3. The highest BCUT2D eigenvalue weighted by molar-refractivity contribution is 6.30.